The summed E-state index contributed by atoms with van der Waals surface area (Å²) in [4.78, 5) is 22.6. The molecule has 0 aliphatic heterocycles. The number of nitrogens with two attached hydrogens (primary N) is 2. The topological polar surface area (TPSA) is 98.2 Å². The second-order valence-electron chi connectivity index (χ2n) is 4.57. The molecule has 0 aromatic heterocycles. The van der Waals surface area contributed by atoms with E-state index in [-0.39, 0.29) is 18.2 Å². The highest BCUT2D eigenvalue weighted by Crippen LogP contribution is 2.13. The summed E-state index contributed by atoms with van der Waals surface area (Å²) in [5.74, 6) is -0.611. The van der Waals surface area contributed by atoms with E-state index >= 15 is 0 Å². The van der Waals surface area contributed by atoms with Gasteiger partial charge in [0, 0.05) is 5.69 Å². The largest absolute Gasteiger partial charge is 0.369 e. The van der Waals surface area contributed by atoms with E-state index in [9.17, 15) is 9.59 Å². The van der Waals surface area contributed by atoms with Gasteiger partial charge in [0.15, 0.2) is 0 Å². The van der Waals surface area contributed by atoms with Crippen molar-refractivity contribution in [2.75, 3.05) is 5.32 Å². The van der Waals surface area contributed by atoms with Crippen molar-refractivity contribution in [3.63, 3.8) is 0 Å². The van der Waals surface area contributed by atoms with Crippen LogP contribution in [0, 0.1) is 0 Å². The van der Waals surface area contributed by atoms with Gasteiger partial charge in [0.2, 0.25) is 11.8 Å². The van der Waals surface area contributed by atoms with E-state index in [2.05, 4.69) is 5.32 Å². The number of nitrogens with one attached hydrogen (secondary N) is 1. The van der Waals surface area contributed by atoms with Gasteiger partial charge >= 0.3 is 0 Å². The average Bonchev–Trinajstić information content (AvgIpc) is 2.31. The standard InChI is InChI=1S/C13H19N3O2/c1-3-13(2,15)12(18)16-10-6-4-9(5-7-10)8-11(14)17/h4-7H,3,8,15H2,1-2H3,(H2,14,17)(H,16,18). The first kappa shape index (κ1) is 14.2. The SMILES string of the molecule is CCC(C)(N)C(=O)Nc1ccc(CC(N)=O)cc1. The van der Waals surface area contributed by atoms with Gasteiger partial charge in [0.05, 0.1) is 12.0 Å². The number of primary amides is 1. The zero-order chi connectivity index (χ0) is 13.8. The summed E-state index contributed by atoms with van der Waals surface area (Å²) in [5, 5.41) is 2.73. The van der Waals surface area contributed by atoms with Crippen molar-refractivity contribution in [1.29, 1.82) is 0 Å². The number of rotatable bonds is 5. The summed E-state index contributed by atoms with van der Waals surface area (Å²) >= 11 is 0. The summed E-state index contributed by atoms with van der Waals surface area (Å²) in [5.41, 5.74) is 11.5. The van der Waals surface area contributed by atoms with Gasteiger partial charge in [0.1, 0.15) is 0 Å². The van der Waals surface area contributed by atoms with Crippen LogP contribution in [0.5, 0.6) is 0 Å². The Labute approximate surface area is 107 Å². The number of hydrogen-bond acceptors (Lipinski definition) is 3. The lowest BCUT2D eigenvalue weighted by atomic mass is 9.99. The van der Waals surface area contributed by atoms with Crippen molar-refractivity contribution in [2.24, 2.45) is 11.5 Å². The van der Waals surface area contributed by atoms with Crippen LogP contribution in [0.15, 0.2) is 24.3 Å². The van der Waals surface area contributed by atoms with Crippen LogP contribution in [0.4, 0.5) is 5.69 Å². The van der Waals surface area contributed by atoms with Gasteiger partial charge in [-0.1, -0.05) is 19.1 Å². The fourth-order valence-electron chi connectivity index (χ4n) is 1.34. The van der Waals surface area contributed by atoms with E-state index in [4.69, 9.17) is 11.5 Å². The highest BCUT2D eigenvalue weighted by Gasteiger charge is 2.25. The predicted octanol–water partition coefficient (Wildman–Crippen LogP) is 0.780. The van der Waals surface area contributed by atoms with Gasteiger partial charge in [-0.05, 0) is 31.0 Å². The van der Waals surface area contributed by atoms with Crippen LogP contribution in [0.3, 0.4) is 0 Å². The maximum Gasteiger partial charge on any atom is 0.244 e. The molecule has 5 N–H and O–H groups in total. The maximum absolute atomic E-state index is 11.8. The van der Waals surface area contributed by atoms with Crippen molar-refractivity contribution in [2.45, 2.75) is 32.2 Å². The van der Waals surface area contributed by atoms with E-state index in [1.54, 1.807) is 31.2 Å². The molecule has 0 aliphatic rings. The molecule has 0 spiro atoms. The monoisotopic (exact) mass is 249 g/mol. The Morgan fingerprint density at radius 1 is 1.28 bits per heavy atom. The van der Waals surface area contributed by atoms with Crippen LogP contribution in [0.2, 0.25) is 0 Å². The molecular weight excluding hydrogens is 230 g/mol. The molecule has 0 heterocycles. The zero-order valence-electron chi connectivity index (χ0n) is 10.7. The van der Waals surface area contributed by atoms with Gasteiger partial charge in [-0.25, -0.2) is 0 Å². The first-order valence-electron chi connectivity index (χ1n) is 5.82. The Hall–Kier alpha value is -1.88. The smallest absolute Gasteiger partial charge is 0.244 e. The highest BCUT2D eigenvalue weighted by atomic mass is 16.2. The van der Waals surface area contributed by atoms with Crippen LogP contribution in [-0.4, -0.2) is 17.4 Å². The quantitative estimate of drug-likeness (QED) is 0.719. The molecule has 18 heavy (non-hydrogen) atoms. The van der Waals surface area contributed by atoms with E-state index in [0.29, 0.717) is 12.1 Å². The molecule has 2 amide bonds. The summed E-state index contributed by atoms with van der Waals surface area (Å²) < 4.78 is 0. The Balaban J connectivity index is 2.69. The molecule has 1 aromatic rings. The molecule has 0 bridgehead atoms. The fraction of sp³-hybridized carbons (Fsp3) is 0.385. The fourth-order valence-corrected chi connectivity index (χ4v) is 1.34. The first-order valence-corrected chi connectivity index (χ1v) is 5.82. The van der Waals surface area contributed by atoms with Gasteiger partial charge in [0.25, 0.3) is 0 Å². The minimum Gasteiger partial charge on any atom is -0.369 e. The molecule has 5 nitrogen and oxygen atoms in total. The van der Waals surface area contributed by atoms with Gasteiger partial charge in [-0.3, -0.25) is 9.59 Å². The molecule has 1 rings (SSSR count). The van der Waals surface area contributed by atoms with Crippen molar-refractivity contribution in [1.82, 2.24) is 0 Å². The van der Waals surface area contributed by atoms with Gasteiger partial charge in [-0.15, -0.1) is 0 Å². The Morgan fingerprint density at radius 2 is 1.83 bits per heavy atom. The molecule has 0 saturated heterocycles. The lowest BCUT2D eigenvalue weighted by Crippen LogP contribution is -2.47. The minimum absolute atomic E-state index is 0.192. The summed E-state index contributed by atoms with van der Waals surface area (Å²) in [6, 6.07) is 6.95. The van der Waals surface area contributed by atoms with Crippen molar-refractivity contribution < 1.29 is 9.59 Å². The van der Waals surface area contributed by atoms with E-state index < -0.39 is 5.54 Å². The summed E-state index contributed by atoms with van der Waals surface area (Å²) in [7, 11) is 0. The molecule has 0 fully saturated rings. The van der Waals surface area contributed by atoms with Crippen LogP contribution in [0.1, 0.15) is 25.8 Å². The Bertz CT molecular complexity index is 438. The first-order chi connectivity index (χ1) is 8.35. The molecule has 0 saturated carbocycles. The van der Waals surface area contributed by atoms with Gasteiger partial charge < -0.3 is 16.8 Å². The lowest BCUT2D eigenvalue weighted by Gasteiger charge is -2.21. The molecular formula is C13H19N3O2. The predicted molar refractivity (Wildman–Crippen MR) is 70.9 cm³/mol. The van der Waals surface area contributed by atoms with E-state index in [0.717, 1.165) is 5.56 Å². The van der Waals surface area contributed by atoms with Crippen molar-refractivity contribution in [3.8, 4) is 0 Å². The average molecular weight is 249 g/mol. The second kappa shape index (κ2) is 5.64. The Morgan fingerprint density at radius 3 is 2.28 bits per heavy atom. The molecule has 1 aromatic carbocycles. The minimum atomic E-state index is -0.883. The third-order valence-electron chi connectivity index (χ3n) is 2.84. The highest BCUT2D eigenvalue weighted by molar-refractivity contribution is 5.97. The zero-order valence-corrected chi connectivity index (χ0v) is 10.7. The lowest BCUT2D eigenvalue weighted by molar-refractivity contribution is -0.120. The third kappa shape index (κ3) is 3.85. The maximum atomic E-state index is 11.8. The normalized spacial score (nSPS) is 13.7. The summed E-state index contributed by atoms with van der Waals surface area (Å²) in [6.07, 6.45) is 0.746. The third-order valence-corrected chi connectivity index (χ3v) is 2.84. The molecule has 98 valence electrons. The van der Waals surface area contributed by atoms with E-state index in [1.165, 1.54) is 0 Å². The molecule has 0 radical (unpaired) electrons. The number of hydrogen-bond donors (Lipinski definition) is 3. The van der Waals surface area contributed by atoms with Crippen LogP contribution >= 0.6 is 0 Å². The number of carbonyl (C=O) groups excluding carboxylic acids is 2. The second-order valence-corrected chi connectivity index (χ2v) is 4.57. The van der Waals surface area contributed by atoms with Crippen molar-refractivity contribution in [3.05, 3.63) is 29.8 Å². The van der Waals surface area contributed by atoms with Gasteiger partial charge in [-0.2, -0.15) is 0 Å². The van der Waals surface area contributed by atoms with Crippen molar-refractivity contribution >= 4 is 17.5 Å². The number of amides is 2. The summed E-state index contributed by atoms with van der Waals surface area (Å²) in [6.45, 7) is 3.54. The number of benzene rings is 1. The van der Waals surface area contributed by atoms with Crippen LogP contribution in [0.25, 0.3) is 0 Å². The van der Waals surface area contributed by atoms with Crippen LogP contribution < -0.4 is 16.8 Å². The number of carbonyl (C=O) groups is 2. The molecule has 1 atom stereocenters. The molecule has 0 aliphatic carbocycles. The van der Waals surface area contributed by atoms with E-state index in [1.807, 2.05) is 6.92 Å². The number of anilines is 1. The Kier molecular flexibility index (Phi) is 4.44. The van der Waals surface area contributed by atoms with Crippen LogP contribution in [-0.2, 0) is 16.0 Å². The molecule has 5 heteroatoms. The molecule has 1 unspecified atom stereocenters.